The molecule has 0 radical (unpaired) electrons. The number of amides is 1. The Morgan fingerprint density at radius 2 is 2.00 bits per heavy atom. The predicted molar refractivity (Wildman–Crippen MR) is 105 cm³/mol. The second kappa shape index (κ2) is 7.92. The molecule has 3 aromatic rings. The van der Waals surface area contributed by atoms with E-state index in [2.05, 4.69) is 11.9 Å². The molecule has 0 aliphatic rings. The Morgan fingerprint density at radius 1 is 1.23 bits per heavy atom. The predicted octanol–water partition coefficient (Wildman–Crippen LogP) is 4.55. The number of halogens is 2. The second-order valence-corrected chi connectivity index (χ2v) is 8.65. The Kier molecular flexibility index (Phi) is 5.82. The number of ether oxygens (including phenoxy) is 1. The summed E-state index contributed by atoms with van der Waals surface area (Å²) in [6, 6.07) is 7.44. The van der Waals surface area contributed by atoms with Gasteiger partial charge in [-0.15, -0.1) is 11.3 Å². The van der Waals surface area contributed by atoms with Crippen molar-refractivity contribution in [3.8, 4) is 0 Å². The van der Waals surface area contributed by atoms with Gasteiger partial charge in [0.2, 0.25) is 0 Å². The zero-order chi connectivity index (χ0) is 18.8. The summed E-state index contributed by atoms with van der Waals surface area (Å²) in [5.41, 5.74) is 2.23. The molecule has 0 saturated heterocycles. The Hall–Kier alpha value is -1.67. The molecule has 0 fully saturated rings. The summed E-state index contributed by atoms with van der Waals surface area (Å²) in [6.07, 6.45) is 0.888. The molecular formula is C17H14Cl2N2O3S2. The highest BCUT2D eigenvalue weighted by atomic mass is 35.5. The minimum absolute atomic E-state index is 0.0355. The van der Waals surface area contributed by atoms with Crippen molar-refractivity contribution < 1.29 is 14.3 Å². The quantitative estimate of drug-likeness (QED) is 0.572. The third kappa shape index (κ3) is 3.86. The van der Waals surface area contributed by atoms with Gasteiger partial charge in [0.1, 0.15) is 10.9 Å². The van der Waals surface area contributed by atoms with Crippen molar-refractivity contribution >= 4 is 68.0 Å². The van der Waals surface area contributed by atoms with E-state index in [0.717, 1.165) is 33.5 Å². The van der Waals surface area contributed by atoms with E-state index >= 15 is 0 Å². The first-order chi connectivity index (χ1) is 12.4. The van der Waals surface area contributed by atoms with Gasteiger partial charge in [-0.3, -0.25) is 9.59 Å². The third-order valence-electron chi connectivity index (χ3n) is 3.75. The molecule has 3 rings (SSSR count). The lowest BCUT2D eigenvalue weighted by Crippen LogP contribution is -2.22. The number of nitrogens with zero attached hydrogens (tertiary/aromatic N) is 2. The van der Waals surface area contributed by atoms with Crippen LogP contribution in [-0.4, -0.2) is 23.6 Å². The summed E-state index contributed by atoms with van der Waals surface area (Å²) in [6.45, 7) is 2.03. The fraction of sp³-hybridized carbons (Fsp3) is 0.235. The standard InChI is InChI=1S/C17H14Cl2N2O3S2/c1-3-9-4-5-11-12(6-9)25-17(21(11)8-14(22)24-2)20-16(23)10-7-13(18)26-15(10)19/h4-7H,3,8H2,1-2H3. The lowest BCUT2D eigenvalue weighted by Gasteiger charge is -2.04. The number of esters is 1. The zero-order valence-corrected chi connectivity index (χ0v) is 17.1. The fourth-order valence-electron chi connectivity index (χ4n) is 2.40. The smallest absolute Gasteiger partial charge is 0.325 e. The molecule has 0 unspecified atom stereocenters. The fourth-order valence-corrected chi connectivity index (χ4v) is 4.94. The molecule has 136 valence electrons. The van der Waals surface area contributed by atoms with Crippen LogP contribution in [-0.2, 0) is 22.5 Å². The molecule has 1 aromatic carbocycles. The van der Waals surface area contributed by atoms with Crippen LogP contribution in [0.5, 0.6) is 0 Å². The van der Waals surface area contributed by atoms with Crippen LogP contribution in [0.15, 0.2) is 29.3 Å². The van der Waals surface area contributed by atoms with Gasteiger partial charge in [-0.2, -0.15) is 4.99 Å². The van der Waals surface area contributed by atoms with E-state index in [9.17, 15) is 9.59 Å². The van der Waals surface area contributed by atoms with Gasteiger partial charge in [0.15, 0.2) is 4.80 Å². The topological polar surface area (TPSA) is 60.7 Å². The van der Waals surface area contributed by atoms with Gasteiger partial charge in [0, 0.05) is 0 Å². The number of benzene rings is 1. The molecule has 0 aliphatic heterocycles. The normalized spacial score (nSPS) is 11.9. The van der Waals surface area contributed by atoms with Crippen molar-refractivity contribution in [1.82, 2.24) is 4.57 Å². The highest BCUT2D eigenvalue weighted by molar-refractivity contribution is 7.20. The monoisotopic (exact) mass is 428 g/mol. The van der Waals surface area contributed by atoms with Crippen LogP contribution in [0.1, 0.15) is 22.8 Å². The van der Waals surface area contributed by atoms with Gasteiger partial charge < -0.3 is 9.30 Å². The highest BCUT2D eigenvalue weighted by Crippen LogP contribution is 2.31. The summed E-state index contributed by atoms with van der Waals surface area (Å²) in [5, 5.41) is 0. The number of aromatic nitrogens is 1. The molecule has 0 N–H and O–H groups in total. The summed E-state index contributed by atoms with van der Waals surface area (Å²) < 4.78 is 8.08. The molecule has 2 aromatic heterocycles. The molecule has 0 spiro atoms. The van der Waals surface area contributed by atoms with E-state index in [-0.39, 0.29) is 16.4 Å². The minimum Gasteiger partial charge on any atom is -0.468 e. The molecule has 9 heteroatoms. The van der Waals surface area contributed by atoms with Gasteiger partial charge in [0.25, 0.3) is 5.91 Å². The van der Waals surface area contributed by atoms with E-state index in [1.165, 1.54) is 24.5 Å². The first-order valence-corrected chi connectivity index (χ1v) is 10.0. The molecule has 0 bridgehead atoms. The molecule has 0 aliphatic carbocycles. The van der Waals surface area contributed by atoms with Crippen molar-refractivity contribution in [2.45, 2.75) is 19.9 Å². The third-order valence-corrected chi connectivity index (χ3v) is 6.28. The number of aryl methyl sites for hydroxylation is 1. The Bertz CT molecular complexity index is 1070. The first-order valence-electron chi connectivity index (χ1n) is 7.66. The maximum Gasteiger partial charge on any atom is 0.325 e. The van der Waals surface area contributed by atoms with E-state index in [1.54, 1.807) is 4.57 Å². The van der Waals surface area contributed by atoms with Crippen LogP contribution in [0.25, 0.3) is 10.2 Å². The summed E-state index contributed by atoms with van der Waals surface area (Å²) in [7, 11) is 1.32. The van der Waals surface area contributed by atoms with Gasteiger partial charge in [-0.1, -0.05) is 47.5 Å². The van der Waals surface area contributed by atoms with Crippen LogP contribution in [0.2, 0.25) is 8.67 Å². The average molecular weight is 429 g/mol. The van der Waals surface area contributed by atoms with Gasteiger partial charge in [0.05, 0.1) is 27.2 Å². The van der Waals surface area contributed by atoms with Crippen molar-refractivity contribution in [2.75, 3.05) is 7.11 Å². The molecule has 0 saturated carbocycles. The van der Waals surface area contributed by atoms with E-state index in [0.29, 0.717) is 9.14 Å². The van der Waals surface area contributed by atoms with Gasteiger partial charge in [-0.05, 0) is 30.2 Å². The molecule has 5 nitrogen and oxygen atoms in total. The van der Waals surface area contributed by atoms with Crippen molar-refractivity contribution in [3.05, 3.63) is 48.9 Å². The molecule has 1 amide bonds. The number of hydrogen-bond donors (Lipinski definition) is 0. The number of carbonyl (C=O) groups excluding carboxylic acids is 2. The number of methoxy groups -OCH3 is 1. The maximum atomic E-state index is 12.5. The molecule has 0 atom stereocenters. The zero-order valence-electron chi connectivity index (χ0n) is 13.9. The Balaban J connectivity index is 2.16. The molecule has 2 heterocycles. The van der Waals surface area contributed by atoms with Crippen LogP contribution in [0, 0.1) is 0 Å². The average Bonchev–Trinajstić information content (AvgIpc) is 3.13. The van der Waals surface area contributed by atoms with Crippen LogP contribution in [0.4, 0.5) is 0 Å². The molecule has 26 heavy (non-hydrogen) atoms. The highest BCUT2D eigenvalue weighted by Gasteiger charge is 2.16. The summed E-state index contributed by atoms with van der Waals surface area (Å²) in [5.74, 6) is -0.922. The van der Waals surface area contributed by atoms with Crippen LogP contribution < -0.4 is 4.80 Å². The van der Waals surface area contributed by atoms with Crippen LogP contribution >= 0.6 is 45.9 Å². The molecular weight excluding hydrogens is 415 g/mol. The van der Waals surface area contributed by atoms with E-state index in [4.69, 9.17) is 27.9 Å². The SMILES string of the molecule is CCc1ccc2c(c1)sc(=NC(=O)c1cc(Cl)sc1Cl)n2CC(=O)OC. The summed E-state index contributed by atoms with van der Waals surface area (Å²) >= 11 is 14.4. The number of fused-ring (bicyclic) bond motifs is 1. The number of thiophene rings is 1. The lowest BCUT2D eigenvalue weighted by atomic mass is 10.2. The second-order valence-electron chi connectivity index (χ2n) is 5.36. The van der Waals surface area contributed by atoms with Crippen molar-refractivity contribution in [3.63, 3.8) is 0 Å². The Morgan fingerprint density at radius 3 is 2.62 bits per heavy atom. The van der Waals surface area contributed by atoms with E-state index < -0.39 is 11.9 Å². The van der Waals surface area contributed by atoms with Gasteiger partial charge in [-0.25, -0.2) is 0 Å². The largest absolute Gasteiger partial charge is 0.468 e. The van der Waals surface area contributed by atoms with Crippen molar-refractivity contribution in [1.29, 1.82) is 0 Å². The van der Waals surface area contributed by atoms with Crippen LogP contribution in [0.3, 0.4) is 0 Å². The van der Waals surface area contributed by atoms with E-state index in [1.807, 2.05) is 18.2 Å². The minimum atomic E-state index is -0.501. The number of thiazole rings is 1. The summed E-state index contributed by atoms with van der Waals surface area (Å²) in [4.78, 5) is 28.9. The number of carbonyl (C=O) groups is 2. The first kappa shape index (κ1) is 19.1. The lowest BCUT2D eigenvalue weighted by molar-refractivity contribution is -0.141. The maximum absolute atomic E-state index is 12.5. The van der Waals surface area contributed by atoms with Crippen molar-refractivity contribution in [2.24, 2.45) is 4.99 Å². The van der Waals surface area contributed by atoms with Gasteiger partial charge >= 0.3 is 5.97 Å². The Labute approximate surface area is 167 Å². The number of hydrogen-bond acceptors (Lipinski definition) is 5. The number of rotatable bonds is 4.